The van der Waals surface area contributed by atoms with Crippen LogP contribution in [0.2, 0.25) is 0 Å². The van der Waals surface area contributed by atoms with Crippen LogP contribution in [-0.4, -0.2) is 69.8 Å². The minimum atomic E-state index is -0.164. The predicted octanol–water partition coefficient (Wildman–Crippen LogP) is 0.392. The van der Waals surface area contributed by atoms with Gasteiger partial charge in [0, 0.05) is 52.4 Å². The van der Waals surface area contributed by atoms with Crippen LogP contribution in [0, 0.1) is 0 Å². The van der Waals surface area contributed by atoms with Crippen LogP contribution in [0.3, 0.4) is 0 Å². The normalized spacial score (nSPS) is 17.8. The van der Waals surface area contributed by atoms with Gasteiger partial charge in [0.1, 0.15) is 6.61 Å². The summed E-state index contributed by atoms with van der Waals surface area (Å²) < 4.78 is 5.37. The maximum absolute atomic E-state index is 12.0. The monoisotopic (exact) mass is 400 g/mol. The number of hydrogen-bond donors (Lipinski definition) is 3. The summed E-state index contributed by atoms with van der Waals surface area (Å²) in [5.41, 5.74) is 1.02. The average molecular weight is 401 g/mol. The van der Waals surface area contributed by atoms with Crippen LogP contribution in [0.25, 0.3) is 0 Å². The molecule has 0 spiro atoms. The van der Waals surface area contributed by atoms with Gasteiger partial charge in [-0.25, -0.2) is 0 Å². The molecule has 1 aromatic rings. The Morgan fingerprint density at radius 1 is 0.917 bits per heavy atom. The molecule has 2 rings (SSSR count). The van der Waals surface area contributed by atoms with E-state index in [2.05, 4.69) is 20.9 Å². The Bertz CT molecular complexity index is 435. The molecule has 0 bridgehead atoms. The number of rotatable bonds is 4. The first-order valence-electron chi connectivity index (χ1n) is 8.38. The van der Waals surface area contributed by atoms with E-state index in [1.54, 1.807) is 0 Å². The van der Waals surface area contributed by atoms with Crippen molar-refractivity contribution in [1.82, 2.24) is 20.9 Å². The molecular formula is C17H29BrN4O2. The first-order chi connectivity index (χ1) is 11.3. The van der Waals surface area contributed by atoms with Crippen LogP contribution < -0.4 is 16.0 Å². The highest BCUT2D eigenvalue weighted by molar-refractivity contribution is 8.93. The molecule has 0 unspecified atom stereocenters. The van der Waals surface area contributed by atoms with Crippen molar-refractivity contribution in [2.75, 3.05) is 58.9 Å². The molecule has 6 nitrogen and oxygen atoms in total. The number of nitrogens with zero attached hydrogens (tertiary/aromatic N) is 1. The van der Waals surface area contributed by atoms with Gasteiger partial charge in [-0.15, -0.1) is 17.0 Å². The zero-order valence-corrected chi connectivity index (χ0v) is 15.8. The van der Waals surface area contributed by atoms with Crippen LogP contribution >= 0.6 is 17.0 Å². The molecule has 1 aliphatic heterocycles. The van der Waals surface area contributed by atoms with Crippen molar-refractivity contribution < 1.29 is 9.53 Å². The molecule has 136 valence electrons. The number of carbonyl (C=O) groups excluding carboxylic acids is 1. The van der Waals surface area contributed by atoms with Gasteiger partial charge < -0.3 is 20.7 Å². The highest BCUT2D eigenvalue weighted by atomic mass is 79.9. The van der Waals surface area contributed by atoms with Gasteiger partial charge in [0.15, 0.2) is 0 Å². The summed E-state index contributed by atoms with van der Waals surface area (Å²) in [7, 11) is 0. The van der Waals surface area contributed by atoms with E-state index in [1.807, 2.05) is 30.3 Å². The third-order valence-corrected chi connectivity index (χ3v) is 3.76. The van der Waals surface area contributed by atoms with E-state index < -0.39 is 0 Å². The van der Waals surface area contributed by atoms with Crippen molar-refractivity contribution >= 4 is 23.0 Å². The molecule has 0 atom stereocenters. The number of carbonyl (C=O) groups is 1. The highest BCUT2D eigenvalue weighted by Gasteiger charge is 2.12. The van der Waals surface area contributed by atoms with Crippen LogP contribution in [0.5, 0.6) is 0 Å². The fraction of sp³-hybridized carbons (Fsp3) is 0.588. The standard InChI is InChI=1S/C17H28N4O2.BrH/c22-17(23-15-16-4-2-1-3-5-16)14-21-12-10-19-8-6-18-7-9-20-11-13-21;/h1-5,18-20H,6-15H2;1H. The second-order valence-electron chi connectivity index (χ2n) is 5.67. The first kappa shape index (κ1) is 21.1. The summed E-state index contributed by atoms with van der Waals surface area (Å²) in [6.45, 7) is 8.00. The summed E-state index contributed by atoms with van der Waals surface area (Å²) >= 11 is 0. The average Bonchev–Trinajstić information content (AvgIpc) is 2.56. The smallest absolute Gasteiger partial charge is 0.320 e. The third-order valence-electron chi connectivity index (χ3n) is 3.76. The summed E-state index contributed by atoms with van der Waals surface area (Å²) in [6, 6.07) is 9.78. The lowest BCUT2D eigenvalue weighted by atomic mass is 10.2. The fourth-order valence-electron chi connectivity index (χ4n) is 2.44. The largest absolute Gasteiger partial charge is 0.460 e. The molecule has 0 saturated carbocycles. The number of esters is 1. The summed E-state index contributed by atoms with van der Waals surface area (Å²) in [5.74, 6) is -0.164. The van der Waals surface area contributed by atoms with Crippen LogP contribution in [0.1, 0.15) is 5.56 Å². The molecule has 1 heterocycles. The number of halogens is 1. The molecule has 1 aliphatic rings. The number of ether oxygens (including phenoxy) is 1. The Morgan fingerprint density at radius 3 is 2.04 bits per heavy atom. The van der Waals surface area contributed by atoms with Gasteiger partial charge >= 0.3 is 5.97 Å². The second kappa shape index (κ2) is 13.3. The Hall–Kier alpha value is -0.990. The molecule has 7 heteroatoms. The summed E-state index contributed by atoms with van der Waals surface area (Å²) in [6.07, 6.45) is 0. The molecule has 3 N–H and O–H groups in total. The SMILES string of the molecule is Br.O=C(CN1CCNCCNCCNCC1)OCc1ccccc1. The van der Waals surface area contributed by atoms with Gasteiger partial charge in [-0.05, 0) is 5.56 Å². The lowest BCUT2D eigenvalue weighted by Gasteiger charge is -2.22. The molecule has 1 saturated heterocycles. The number of benzene rings is 1. The fourth-order valence-corrected chi connectivity index (χ4v) is 2.44. The van der Waals surface area contributed by atoms with E-state index in [0.717, 1.165) is 57.9 Å². The zero-order valence-electron chi connectivity index (χ0n) is 14.1. The van der Waals surface area contributed by atoms with Gasteiger partial charge in [-0.2, -0.15) is 0 Å². The maximum atomic E-state index is 12.0. The van der Waals surface area contributed by atoms with Crippen molar-refractivity contribution in [3.63, 3.8) is 0 Å². The van der Waals surface area contributed by atoms with Gasteiger partial charge in [-0.3, -0.25) is 9.69 Å². The molecule has 0 aliphatic carbocycles. The van der Waals surface area contributed by atoms with Crippen molar-refractivity contribution in [3.05, 3.63) is 35.9 Å². The van der Waals surface area contributed by atoms with E-state index in [9.17, 15) is 4.79 Å². The highest BCUT2D eigenvalue weighted by Crippen LogP contribution is 2.01. The van der Waals surface area contributed by atoms with E-state index in [0.29, 0.717) is 13.2 Å². The molecule has 1 fully saturated rings. The van der Waals surface area contributed by atoms with Gasteiger partial charge in [-0.1, -0.05) is 30.3 Å². The predicted molar refractivity (Wildman–Crippen MR) is 102 cm³/mol. The second-order valence-corrected chi connectivity index (χ2v) is 5.67. The Kier molecular flexibility index (Phi) is 11.7. The summed E-state index contributed by atoms with van der Waals surface area (Å²) in [4.78, 5) is 14.2. The zero-order chi connectivity index (χ0) is 16.2. The van der Waals surface area contributed by atoms with Crippen molar-refractivity contribution in [3.8, 4) is 0 Å². The topological polar surface area (TPSA) is 65.6 Å². The van der Waals surface area contributed by atoms with E-state index in [1.165, 1.54) is 0 Å². The molecule has 0 radical (unpaired) electrons. The van der Waals surface area contributed by atoms with Crippen molar-refractivity contribution in [2.24, 2.45) is 0 Å². The molecule has 1 aromatic carbocycles. The number of hydrogen-bond acceptors (Lipinski definition) is 6. The Labute approximate surface area is 155 Å². The molecule has 24 heavy (non-hydrogen) atoms. The van der Waals surface area contributed by atoms with Crippen LogP contribution in [0.4, 0.5) is 0 Å². The third kappa shape index (κ3) is 9.34. The Morgan fingerprint density at radius 2 is 1.46 bits per heavy atom. The van der Waals surface area contributed by atoms with Gasteiger partial charge in [0.2, 0.25) is 0 Å². The summed E-state index contributed by atoms with van der Waals surface area (Å²) in [5, 5.41) is 10.1. The molecule has 0 amide bonds. The molecule has 0 aromatic heterocycles. The lowest BCUT2D eigenvalue weighted by Crippen LogP contribution is -2.43. The molecular weight excluding hydrogens is 372 g/mol. The minimum absolute atomic E-state index is 0. The van der Waals surface area contributed by atoms with E-state index in [4.69, 9.17) is 4.74 Å². The first-order valence-corrected chi connectivity index (χ1v) is 8.38. The van der Waals surface area contributed by atoms with Gasteiger partial charge in [0.25, 0.3) is 0 Å². The maximum Gasteiger partial charge on any atom is 0.320 e. The van der Waals surface area contributed by atoms with Crippen molar-refractivity contribution in [2.45, 2.75) is 6.61 Å². The van der Waals surface area contributed by atoms with E-state index in [-0.39, 0.29) is 23.0 Å². The van der Waals surface area contributed by atoms with Crippen molar-refractivity contribution in [1.29, 1.82) is 0 Å². The minimum Gasteiger partial charge on any atom is -0.460 e. The van der Waals surface area contributed by atoms with Gasteiger partial charge in [0.05, 0.1) is 6.54 Å². The lowest BCUT2D eigenvalue weighted by molar-refractivity contribution is -0.146. The van der Waals surface area contributed by atoms with Crippen LogP contribution in [0.15, 0.2) is 30.3 Å². The Balaban J connectivity index is 0.00000288. The van der Waals surface area contributed by atoms with Crippen LogP contribution in [-0.2, 0) is 16.1 Å². The van der Waals surface area contributed by atoms with E-state index >= 15 is 0 Å². The quantitative estimate of drug-likeness (QED) is 0.635. The number of nitrogens with one attached hydrogen (secondary N) is 3.